The van der Waals surface area contributed by atoms with Crippen molar-refractivity contribution in [1.82, 2.24) is 14.7 Å². The smallest absolute Gasteiger partial charge is 0.191 e. The molecule has 6 nitrogen and oxygen atoms in total. The molecule has 1 fully saturated rings. The number of rotatable bonds is 3. The van der Waals surface area contributed by atoms with Gasteiger partial charge in [0.15, 0.2) is 5.96 Å². The summed E-state index contributed by atoms with van der Waals surface area (Å²) in [5, 5.41) is 5.09. The molecule has 24 heavy (non-hydrogen) atoms. The van der Waals surface area contributed by atoms with Gasteiger partial charge in [-0.25, -0.2) is 4.99 Å². The molecule has 128 valence electrons. The van der Waals surface area contributed by atoms with E-state index >= 15 is 0 Å². The van der Waals surface area contributed by atoms with Gasteiger partial charge in [-0.2, -0.15) is 5.10 Å². The van der Waals surface area contributed by atoms with E-state index in [1.54, 1.807) is 0 Å². The summed E-state index contributed by atoms with van der Waals surface area (Å²) in [7, 11) is 1.93. The summed E-state index contributed by atoms with van der Waals surface area (Å²) in [6.07, 6.45) is 0. The summed E-state index contributed by atoms with van der Waals surface area (Å²) in [6.45, 7) is 6.10. The van der Waals surface area contributed by atoms with E-state index in [4.69, 9.17) is 17.3 Å². The average molecular weight is 347 g/mol. The highest BCUT2D eigenvalue weighted by atomic mass is 35.5. The number of hydrogen-bond donors (Lipinski definition) is 1. The highest BCUT2D eigenvalue weighted by molar-refractivity contribution is 6.30. The second kappa shape index (κ2) is 7.13. The molecule has 0 radical (unpaired) electrons. The molecule has 0 spiro atoms. The molecule has 0 unspecified atom stereocenters. The molecule has 2 N–H and O–H groups in total. The van der Waals surface area contributed by atoms with Crippen LogP contribution in [-0.4, -0.2) is 46.8 Å². The second-order valence-electron chi connectivity index (χ2n) is 6.03. The molecule has 2 heterocycles. The number of nitrogens with zero attached hydrogens (tertiary/aromatic N) is 5. The molecule has 0 aliphatic carbocycles. The third kappa shape index (κ3) is 3.82. The number of aliphatic imine (C=N–C) groups is 1. The first-order chi connectivity index (χ1) is 11.5. The van der Waals surface area contributed by atoms with Crippen molar-refractivity contribution in [3.8, 4) is 0 Å². The predicted octanol–water partition coefficient (Wildman–Crippen LogP) is 2.02. The number of aromatic nitrogens is 2. The van der Waals surface area contributed by atoms with Crippen LogP contribution in [-0.2, 0) is 13.6 Å². The van der Waals surface area contributed by atoms with Gasteiger partial charge in [-0.1, -0.05) is 11.6 Å². The van der Waals surface area contributed by atoms with Crippen LogP contribution in [0.3, 0.4) is 0 Å². The maximum atomic E-state index is 6.17. The van der Waals surface area contributed by atoms with Crippen molar-refractivity contribution in [3.05, 3.63) is 46.7 Å². The zero-order valence-corrected chi connectivity index (χ0v) is 14.9. The molecule has 1 saturated heterocycles. The summed E-state index contributed by atoms with van der Waals surface area (Å²) in [4.78, 5) is 9.00. The minimum absolute atomic E-state index is 0.556. The van der Waals surface area contributed by atoms with Crippen molar-refractivity contribution in [1.29, 1.82) is 0 Å². The fraction of sp³-hybridized carbons (Fsp3) is 0.412. The van der Waals surface area contributed by atoms with Crippen LogP contribution in [0.2, 0.25) is 5.02 Å². The van der Waals surface area contributed by atoms with Crippen LogP contribution in [0.15, 0.2) is 35.3 Å². The van der Waals surface area contributed by atoms with Crippen LogP contribution < -0.4 is 10.6 Å². The lowest BCUT2D eigenvalue weighted by molar-refractivity contribution is 0.380. The lowest BCUT2D eigenvalue weighted by Gasteiger charge is -2.36. The van der Waals surface area contributed by atoms with Crippen molar-refractivity contribution in [2.45, 2.75) is 13.5 Å². The third-order valence-corrected chi connectivity index (χ3v) is 4.55. The number of hydrogen-bond acceptors (Lipinski definition) is 3. The number of aryl methyl sites for hydroxylation is 2. The lowest BCUT2D eigenvalue weighted by Crippen LogP contribution is -2.51. The number of piperazine rings is 1. The van der Waals surface area contributed by atoms with Crippen LogP contribution in [0, 0.1) is 6.92 Å². The number of halogens is 1. The van der Waals surface area contributed by atoms with Crippen LogP contribution in [0.25, 0.3) is 0 Å². The molecule has 1 aromatic carbocycles. The van der Waals surface area contributed by atoms with Crippen LogP contribution in [0.5, 0.6) is 0 Å². The number of nitrogens with two attached hydrogens (primary N) is 1. The second-order valence-corrected chi connectivity index (χ2v) is 6.46. The maximum Gasteiger partial charge on any atom is 0.191 e. The molecule has 1 aromatic heterocycles. The minimum atomic E-state index is 0.556. The monoisotopic (exact) mass is 346 g/mol. The summed E-state index contributed by atoms with van der Waals surface area (Å²) in [5.41, 5.74) is 9.42. The SMILES string of the molecule is Cc1cc(CN=C(N)N2CCN(c3ccc(Cl)cc3)CC2)n(C)n1. The Balaban J connectivity index is 1.56. The Bertz CT molecular complexity index is 713. The normalized spacial score (nSPS) is 15.9. The van der Waals surface area contributed by atoms with E-state index < -0.39 is 0 Å². The largest absolute Gasteiger partial charge is 0.370 e. The van der Waals surface area contributed by atoms with E-state index in [-0.39, 0.29) is 0 Å². The summed E-state index contributed by atoms with van der Waals surface area (Å²) >= 11 is 5.95. The van der Waals surface area contributed by atoms with E-state index in [0.29, 0.717) is 12.5 Å². The standard InChI is InChI=1S/C17H23ClN6/c1-13-11-16(22(2)21-13)12-20-17(19)24-9-7-23(8-10-24)15-5-3-14(18)4-6-15/h3-6,11H,7-10,12H2,1-2H3,(H2,19,20). The maximum absolute atomic E-state index is 6.17. The van der Waals surface area contributed by atoms with Crippen molar-refractivity contribution in [2.75, 3.05) is 31.1 Å². The highest BCUT2D eigenvalue weighted by Crippen LogP contribution is 2.19. The average Bonchev–Trinajstić information content (AvgIpc) is 2.91. The molecule has 0 amide bonds. The summed E-state index contributed by atoms with van der Waals surface area (Å²) in [6, 6.07) is 10.00. The van der Waals surface area contributed by atoms with Crippen LogP contribution >= 0.6 is 11.6 Å². The topological polar surface area (TPSA) is 62.7 Å². The number of anilines is 1. The molecular formula is C17H23ClN6. The van der Waals surface area contributed by atoms with Crippen molar-refractivity contribution in [3.63, 3.8) is 0 Å². The van der Waals surface area contributed by atoms with Gasteiger partial charge in [-0.15, -0.1) is 0 Å². The van der Waals surface area contributed by atoms with Gasteiger partial charge in [0.2, 0.25) is 0 Å². The number of guanidine groups is 1. The minimum Gasteiger partial charge on any atom is -0.370 e. The van der Waals surface area contributed by atoms with E-state index in [0.717, 1.165) is 42.6 Å². The Morgan fingerprint density at radius 1 is 1.21 bits per heavy atom. The zero-order valence-electron chi connectivity index (χ0n) is 14.1. The van der Waals surface area contributed by atoms with E-state index in [2.05, 4.69) is 32.0 Å². The molecule has 2 aromatic rings. The van der Waals surface area contributed by atoms with Gasteiger partial charge >= 0.3 is 0 Å². The third-order valence-electron chi connectivity index (χ3n) is 4.30. The summed E-state index contributed by atoms with van der Waals surface area (Å²) < 4.78 is 1.85. The van der Waals surface area contributed by atoms with Gasteiger partial charge in [-0.05, 0) is 37.3 Å². The van der Waals surface area contributed by atoms with Crippen LogP contribution in [0.4, 0.5) is 5.69 Å². The molecule has 0 bridgehead atoms. The van der Waals surface area contributed by atoms with Crippen molar-refractivity contribution in [2.24, 2.45) is 17.8 Å². The Morgan fingerprint density at radius 2 is 1.88 bits per heavy atom. The van der Waals surface area contributed by atoms with Gasteiger partial charge in [0.1, 0.15) is 0 Å². The quantitative estimate of drug-likeness (QED) is 0.682. The highest BCUT2D eigenvalue weighted by Gasteiger charge is 2.18. The molecule has 7 heteroatoms. The Hall–Kier alpha value is -2.21. The van der Waals surface area contributed by atoms with Crippen LogP contribution in [0.1, 0.15) is 11.4 Å². The molecule has 3 rings (SSSR count). The molecule has 0 saturated carbocycles. The number of benzene rings is 1. The van der Waals surface area contributed by atoms with E-state index in [1.165, 1.54) is 5.69 Å². The van der Waals surface area contributed by atoms with Crippen molar-refractivity contribution < 1.29 is 0 Å². The van der Waals surface area contributed by atoms with Gasteiger partial charge in [0.25, 0.3) is 0 Å². The van der Waals surface area contributed by atoms with E-state index in [1.807, 2.05) is 36.9 Å². The summed E-state index contributed by atoms with van der Waals surface area (Å²) in [5.74, 6) is 0.601. The fourth-order valence-corrected chi connectivity index (χ4v) is 3.05. The molecular weight excluding hydrogens is 324 g/mol. The van der Waals surface area contributed by atoms with Gasteiger partial charge in [-0.3, -0.25) is 4.68 Å². The molecule has 1 aliphatic rings. The Kier molecular flexibility index (Phi) is 4.94. The van der Waals surface area contributed by atoms with Crippen molar-refractivity contribution >= 4 is 23.2 Å². The fourth-order valence-electron chi connectivity index (χ4n) is 2.92. The van der Waals surface area contributed by atoms with Gasteiger partial charge in [0, 0.05) is 43.9 Å². The van der Waals surface area contributed by atoms with Gasteiger partial charge in [0.05, 0.1) is 17.9 Å². The van der Waals surface area contributed by atoms with Gasteiger partial charge < -0.3 is 15.5 Å². The van der Waals surface area contributed by atoms with E-state index in [9.17, 15) is 0 Å². The first-order valence-electron chi connectivity index (χ1n) is 8.08. The molecule has 1 aliphatic heterocycles. The Morgan fingerprint density at radius 3 is 2.46 bits per heavy atom. The lowest BCUT2D eigenvalue weighted by atomic mass is 10.2. The molecule has 0 atom stereocenters. The first-order valence-corrected chi connectivity index (χ1v) is 8.45. The Labute approximate surface area is 147 Å². The zero-order chi connectivity index (χ0) is 17.1. The predicted molar refractivity (Wildman–Crippen MR) is 98.5 cm³/mol. The first kappa shape index (κ1) is 16.6.